The minimum Gasteiger partial charge on any atom is -0.481 e. The summed E-state index contributed by atoms with van der Waals surface area (Å²) in [4.78, 5) is 30.8. The number of hydrogen-bond donors (Lipinski definition) is 4. The van der Waals surface area contributed by atoms with Crippen molar-refractivity contribution in [2.24, 2.45) is 0 Å². The average molecular weight is 342 g/mol. The third-order valence-corrected chi connectivity index (χ3v) is 3.90. The molecule has 1 aliphatic rings. The first-order chi connectivity index (χ1) is 12.0. The number of pyridine rings is 1. The number of anilines is 1. The minimum absolute atomic E-state index is 0.133. The number of carbonyl (C=O) groups excluding carboxylic acids is 1. The zero-order valence-corrected chi connectivity index (χ0v) is 13.0. The molecule has 8 heteroatoms. The molecule has 2 unspecified atom stereocenters. The van der Waals surface area contributed by atoms with Crippen LogP contribution in [0.3, 0.4) is 0 Å². The fraction of sp³-hybridized carbons (Fsp3) is 0.176. The second kappa shape index (κ2) is 6.70. The first-order valence-corrected chi connectivity index (χ1v) is 7.52. The second-order valence-corrected chi connectivity index (χ2v) is 5.58. The maximum Gasteiger partial charge on any atom is 0.455 e. The SMILES string of the molecule is O=C(O)Cc1ccc(N2C(=O)C(C(O)c3ccncc3)[NH+]=C2O)cc1. The Balaban J connectivity index is 1.81. The first-order valence-electron chi connectivity index (χ1n) is 7.52. The Bertz CT molecular complexity index is 820. The van der Waals surface area contributed by atoms with Gasteiger partial charge in [0, 0.05) is 12.4 Å². The lowest BCUT2D eigenvalue weighted by Gasteiger charge is -2.13. The Morgan fingerprint density at radius 2 is 1.84 bits per heavy atom. The van der Waals surface area contributed by atoms with E-state index in [1.807, 2.05) is 0 Å². The Morgan fingerprint density at radius 3 is 2.44 bits per heavy atom. The molecule has 25 heavy (non-hydrogen) atoms. The van der Waals surface area contributed by atoms with Gasteiger partial charge in [0.2, 0.25) is 6.04 Å². The van der Waals surface area contributed by atoms with Crippen LogP contribution in [0, 0.1) is 0 Å². The van der Waals surface area contributed by atoms with Crippen LogP contribution in [0.2, 0.25) is 0 Å². The highest BCUT2D eigenvalue weighted by atomic mass is 16.4. The summed E-state index contributed by atoms with van der Waals surface area (Å²) in [5, 5.41) is 29.3. The van der Waals surface area contributed by atoms with E-state index in [9.17, 15) is 19.8 Å². The van der Waals surface area contributed by atoms with E-state index in [-0.39, 0.29) is 6.42 Å². The third-order valence-electron chi connectivity index (χ3n) is 3.90. The quantitative estimate of drug-likeness (QED) is 0.561. The molecule has 0 spiro atoms. The second-order valence-electron chi connectivity index (χ2n) is 5.58. The van der Waals surface area contributed by atoms with Crippen molar-refractivity contribution in [3.8, 4) is 0 Å². The number of amides is 1. The highest BCUT2D eigenvalue weighted by Gasteiger charge is 2.48. The lowest BCUT2D eigenvalue weighted by Crippen LogP contribution is -2.79. The van der Waals surface area contributed by atoms with Crippen molar-refractivity contribution < 1.29 is 29.9 Å². The van der Waals surface area contributed by atoms with Gasteiger partial charge in [0.05, 0.1) is 6.42 Å². The standard InChI is InChI=1S/C17H15N3O5/c21-13(22)9-10-1-3-12(4-2-10)20-16(24)14(19-17(20)25)15(23)11-5-7-18-8-6-11/h1-8,14-15,23H,9H2,(H,19,25)(H,21,22)/p+1. The molecule has 1 aromatic carbocycles. The van der Waals surface area contributed by atoms with Gasteiger partial charge in [-0.25, -0.2) is 9.79 Å². The topological polar surface area (TPSA) is 125 Å². The van der Waals surface area contributed by atoms with Crippen LogP contribution in [0.15, 0.2) is 48.8 Å². The van der Waals surface area contributed by atoms with Crippen LogP contribution >= 0.6 is 0 Å². The molecule has 1 aliphatic heterocycles. The van der Waals surface area contributed by atoms with Crippen molar-refractivity contribution >= 4 is 23.6 Å². The summed E-state index contributed by atoms with van der Waals surface area (Å²) in [7, 11) is 0. The smallest absolute Gasteiger partial charge is 0.455 e. The van der Waals surface area contributed by atoms with E-state index in [0.29, 0.717) is 16.8 Å². The van der Waals surface area contributed by atoms with E-state index >= 15 is 0 Å². The first kappa shape index (κ1) is 16.6. The molecule has 2 heterocycles. The number of amidine groups is 1. The van der Waals surface area contributed by atoms with Crippen LogP contribution in [-0.4, -0.2) is 44.2 Å². The van der Waals surface area contributed by atoms with E-state index in [0.717, 1.165) is 4.90 Å². The molecule has 1 aromatic heterocycles. The molecule has 0 saturated heterocycles. The van der Waals surface area contributed by atoms with Gasteiger partial charge >= 0.3 is 17.9 Å². The van der Waals surface area contributed by atoms with Crippen molar-refractivity contribution in [2.45, 2.75) is 18.6 Å². The van der Waals surface area contributed by atoms with Crippen molar-refractivity contribution in [1.29, 1.82) is 0 Å². The number of benzene rings is 1. The fourth-order valence-electron chi connectivity index (χ4n) is 2.66. The van der Waals surface area contributed by atoms with E-state index in [1.165, 1.54) is 24.5 Å². The predicted octanol–water partition coefficient (Wildman–Crippen LogP) is -0.848. The van der Waals surface area contributed by atoms with Gasteiger partial charge in [-0.2, -0.15) is 0 Å². The summed E-state index contributed by atoms with van der Waals surface area (Å²) >= 11 is 0. The molecular weight excluding hydrogens is 326 g/mol. The highest BCUT2D eigenvalue weighted by molar-refractivity contribution is 6.15. The molecule has 0 radical (unpaired) electrons. The van der Waals surface area contributed by atoms with Gasteiger partial charge in [-0.1, -0.05) is 12.1 Å². The zero-order chi connectivity index (χ0) is 18.0. The number of nitrogens with one attached hydrogen (secondary N) is 1. The van der Waals surface area contributed by atoms with Crippen molar-refractivity contribution in [3.63, 3.8) is 0 Å². The lowest BCUT2D eigenvalue weighted by molar-refractivity contribution is -0.502. The van der Waals surface area contributed by atoms with Gasteiger partial charge < -0.3 is 15.3 Å². The summed E-state index contributed by atoms with van der Waals surface area (Å²) in [5.74, 6) is -1.48. The highest BCUT2D eigenvalue weighted by Crippen LogP contribution is 2.22. The number of aliphatic hydroxyl groups excluding tert-OH is 2. The Labute approximate surface area is 142 Å². The molecule has 2 aromatic rings. The van der Waals surface area contributed by atoms with Crippen LogP contribution in [-0.2, 0) is 16.0 Å². The zero-order valence-electron chi connectivity index (χ0n) is 13.0. The molecule has 0 bridgehead atoms. The van der Waals surface area contributed by atoms with Gasteiger partial charge in [-0.05, 0) is 35.4 Å². The number of rotatable bonds is 5. The Kier molecular flexibility index (Phi) is 4.44. The fourth-order valence-corrected chi connectivity index (χ4v) is 2.66. The summed E-state index contributed by atoms with van der Waals surface area (Å²) in [6.07, 6.45) is 1.71. The van der Waals surface area contributed by atoms with Gasteiger partial charge in [-0.3, -0.25) is 9.78 Å². The van der Waals surface area contributed by atoms with E-state index in [4.69, 9.17) is 5.11 Å². The van der Waals surface area contributed by atoms with Gasteiger partial charge in [-0.15, -0.1) is 4.90 Å². The number of aliphatic hydroxyl groups is 2. The van der Waals surface area contributed by atoms with Crippen LogP contribution in [0.4, 0.5) is 5.69 Å². The number of aliphatic carboxylic acids is 1. The molecule has 4 N–H and O–H groups in total. The van der Waals surface area contributed by atoms with Crippen molar-refractivity contribution in [1.82, 2.24) is 4.98 Å². The number of carboxylic acids is 1. The predicted molar refractivity (Wildman–Crippen MR) is 86.9 cm³/mol. The van der Waals surface area contributed by atoms with Crippen LogP contribution in [0.5, 0.6) is 0 Å². The normalized spacial score (nSPS) is 18.1. The lowest BCUT2D eigenvalue weighted by atomic mass is 10.0. The third kappa shape index (κ3) is 3.33. The van der Waals surface area contributed by atoms with E-state index < -0.39 is 30.0 Å². The van der Waals surface area contributed by atoms with Crippen LogP contribution in [0.1, 0.15) is 17.2 Å². The minimum atomic E-state index is -1.16. The molecule has 8 nitrogen and oxygen atoms in total. The maximum absolute atomic E-state index is 12.6. The van der Waals surface area contributed by atoms with Crippen molar-refractivity contribution in [2.75, 3.05) is 4.90 Å². The van der Waals surface area contributed by atoms with Crippen molar-refractivity contribution in [3.05, 3.63) is 59.9 Å². The van der Waals surface area contributed by atoms with Gasteiger partial charge in [0.1, 0.15) is 11.8 Å². The van der Waals surface area contributed by atoms with E-state index in [2.05, 4.69) is 9.98 Å². The monoisotopic (exact) mass is 342 g/mol. The summed E-state index contributed by atoms with van der Waals surface area (Å²) in [6, 6.07) is 7.94. The Hall–Kier alpha value is -3.26. The largest absolute Gasteiger partial charge is 0.481 e. The molecular formula is C17H16N3O5+. The number of carboxylic acid groups (broad SMARTS) is 1. The molecule has 0 aliphatic carbocycles. The molecule has 3 rings (SSSR count). The van der Waals surface area contributed by atoms with Gasteiger partial charge in [0.15, 0.2) is 0 Å². The summed E-state index contributed by atoms with van der Waals surface area (Å²) in [5.41, 5.74) is 1.43. The molecule has 1 amide bonds. The molecule has 0 fully saturated rings. The summed E-state index contributed by atoms with van der Waals surface area (Å²) in [6.45, 7) is 0. The maximum atomic E-state index is 12.6. The van der Waals surface area contributed by atoms with Gasteiger partial charge in [0.25, 0.3) is 0 Å². The molecule has 0 saturated carbocycles. The average Bonchev–Trinajstić information content (AvgIpc) is 2.90. The van der Waals surface area contributed by atoms with E-state index in [1.54, 1.807) is 24.3 Å². The van der Waals surface area contributed by atoms with Crippen LogP contribution < -0.4 is 9.89 Å². The summed E-state index contributed by atoms with van der Waals surface area (Å²) < 4.78 is 0. The number of hydrogen-bond acceptors (Lipinski definition) is 4. The Morgan fingerprint density at radius 1 is 1.20 bits per heavy atom. The number of nitrogens with zero attached hydrogens (tertiary/aromatic N) is 2. The number of aromatic nitrogens is 1. The van der Waals surface area contributed by atoms with Crippen LogP contribution in [0.25, 0.3) is 0 Å². The number of carbonyl (C=O) groups is 2. The molecule has 128 valence electrons. The molecule has 2 atom stereocenters.